The number of rotatable bonds is 4. The molecule has 0 radical (unpaired) electrons. The van der Waals surface area contributed by atoms with Gasteiger partial charge < -0.3 is 5.32 Å². The first kappa shape index (κ1) is 11.7. The Morgan fingerprint density at radius 3 is 3.00 bits per heavy atom. The van der Waals surface area contributed by atoms with Crippen LogP contribution in [0.15, 0.2) is 0 Å². The quantitative estimate of drug-likeness (QED) is 0.792. The summed E-state index contributed by atoms with van der Waals surface area (Å²) >= 11 is 2.12. The number of hydrogen-bond donors (Lipinski definition) is 1. The van der Waals surface area contributed by atoms with Crippen molar-refractivity contribution in [2.75, 3.05) is 31.1 Å². The highest BCUT2D eigenvalue weighted by atomic mass is 32.2. The maximum absolute atomic E-state index is 3.77. The Labute approximate surface area is 98.2 Å². The third kappa shape index (κ3) is 3.36. The van der Waals surface area contributed by atoms with Crippen LogP contribution in [-0.2, 0) is 0 Å². The van der Waals surface area contributed by atoms with Crippen molar-refractivity contribution >= 4 is 11.8 Å². The topological polar surface area (TPSA) is 15.3 Å². The summed E-state index contributed by atoms with van der Waals surface area (Å²) < 4.78 is 0. The molecule has 0 saturated carbocycles. The minimum Gasteiger partial charge on any atom is -0.312 e. The predicted molar refractivity (Wildman–Crippen MR) is 68.6 cm³/mol. The summed E-state index contributed by atoms with van der Waals surface area (Å²) in [4.78, 5) is 2.63. The molecule has 1 N–H and O–H groups in total. The maximum Gasteiger partial charge on any atom is 0.0221 e. The van der Waals surface area contributed by atoms with E-state index >= 15 is 0 Å². The van der Waals surface area contributed by atoms with E-state index in [2.05, 4.69) is 28.9 Å². The molecule has 0 bridgehead atoms. The first-order chi connectivity index (χ1) is 7.40. The molecule has 0 aliphatic carbocycles. The van der Waals surface area contributed by atoms with Gasteiger partial charge in [0.15, 0.2) is 0 Å². The largest absolute Gasteiger partial charge is 0.312 e. The Morgan fingerprint density at radius 2 is 2.27 bits per heavy atom. The van der Waals surface area contributed by atoms with Gasteiger partial charge in [0.1, 0.15) is 0 Å². The number of nitrogens with zero attached hydrogens (tertiary/aromatic N) is 1. The van der Waals surface area contributed by atoms with E-state index in [0.29, 0.717) is 0 Å². The molecule has 0 unspecified atom stereocenters. The Balaban J connectivity index is 1.67. The molecule has 0 amide bonds. The van der Waals surface area contributed by atoms with E-state index < -0.39 is 0 Å². The number of hydrogen-bond acceptors (Lipinski definition) is 3. The molecule has 2 aliphatic heterocycles. The molecule has 2 rings (SSSR count). The van der Waals surface area contributed by atoms with Gasteiger partial charge in [-0.2, -0.15) is 11.8 Å². The molecule has 2 heterocycles. The minimum absolute atomic E-state index is 0.794. The van der Waals surface area contributed by atoms with E-state index in [1.165, 1.54) is 56.8 Å². The average molecular weight is 228 g/mol. The van der Waals surface area contributed by atoms with E-state index in [1.807, 2.05) is 0 Å². The van der Waals surface area contributed by atoms with Crippen molar-refractivity contribution in [3.8, 4) is 0 Å². The van der Waals surface area contributed by atoms with Gasteiger partial charge >= 0.3 is 0 Å². The van der Waals surface area contributed by atoms with Crippen molar-refractivity contribution in [3.05, 3.63) is 0 Å². The molecule has 0 aromatic heterocycles. The second-order valence-electron chi connectivity index (χ2n) is 4.75. The number of likely N-dealkylation sites (N-methyl/N-ethyl adjacent to an activating group) is 1. The maximum atomic E-state index is 3.77. The Kier molecular flexibility index (Phi) is 4.79. The molecule has 2 nitrogen and oxygen atoms in total. The van der Waals surface area contributed by atoms with Crippen LogP contribution in [0.25, 0.3) is 0 Å². The van der Waals surface area contributed by atoms with Gasteiger partial charge in [-0.3, -0.25) is 4.90 Å². The van der Waals surface area contributed by atoms with Crippen LogP contribution in [0.4, 0.5) is 0 Å². The molecular weight excluding hydrogens is 204 g/mol. The van der Waals surface area contributed by atoms with Crippen LogP contribution >= 0.6 is 11.8 Å². The molecule has 0 aromatic rings. The van der Waals surface area contributed by atoms with E-state index in [0.717, 1.165) is 12.1 Å². The second-order valence-corrected chi connectivity index (χ2v) is 5.90. The molecular formula is C12H24N2S. The molecule has 15 heavy (non-hydrogen) atoms. The standard InChI is InChI=1S/C12H24N2S/c1-2-14-7-3-6-12(14)9-13-11-5-4-8-15-10-11/h11-13H,2-10H2,1H3/t11-,12+/m1/s1. The van der Waals surface area contributed by atoms with Crippen LogP contribution in [0.5, 0.6) is 0 Å². The van der Waals surface area contributed by atoms with Gasteiger partial charge in [-0.1, -0.05) is 6.92 Å². The predicted octanol–water partition coefficient (Wildman–Crippen LogP) is 1.96. The average Bonchev–Trinajstić information content (AvgIpc) is 2.75. The van der Waals surface area contributed by atoms with Gasteiger partial charge in [0.2, 0.25) is 0 Å². The molecule has 3 heteroatoms. The van der Waals surface area contributed by atoms with Gasteiger partial charge in [-0.15, -0.1) is 0 Å². The fourth-order valence-corrected chi connectivity index (χ4v) is 3.85. The highest BCUT2D eigenvalue weighted by molar-refractivity contribution is 7.99. The van der Waals surface area contributed by atoms with Gasteiger partial charge in [0.25, 0.3) is 0 Å². The van der Waals surface area contributed by atoms with Crippen LogP contribution in [0.1, 0.15) is 32.6 Å². The van der Waals surface area contributed by atoms with Crippen molar-refractivity contribution in [1.29, 1.82) is 0 Å². The summed E-state index contributed by atoms with van der Waals surface area (Å²) in [5.41, 5.74) is 0. The van der Waals surface area contributed by atoms with Crippen LogP contribution < -0.4 is 5.32 Å². The molecule has 88 valence electrons. The van der Waals surface area contributed by atoms with Gasteiger partial charge in [-0.25, -0.2) is 0 Å². The third-order valence-corrected chi connectivity index (χ3v) is 4.92. The summed E-state index contributed by atoms with van der Waals surface area (Å²) in [6.45, 7) is 6.06. The fourth-order valence-electron chi connectivity index (χ4n) is 2.75. The summed E-state index contributed by atoms with van der Waals surface area (Å²) in [6, 6.07) is 1.62. The Morgan fingerprint density at radius 1 is 1.33 bits per heavy atom. The SMILES string of the molecule is CCN1CCC[C@H]1CN[C@@H]1CCCSC1. The second kappa shape index (κ2) is 6.12. The molecule has 0 aromatic carbocycles. The number of nitrogens with one attached hydrogen (secondary N) is 1. The Bertz CT molecular complexity index is 180. The lowest BCUT2D eigenvalue weighted by atomic mass is 10.1. The fraction of sp³-hybridized carbons (Fsp3) is 1.00. The highest BCUT2D eigenvalue weighted by Crippen LogP contribution is 2.19. The van der Waals surface area contributed by atoms with Gasteiger partial charge in [0.05, 0.1) is 0 Å². The zero-order valence-electron chi connectivity index (χ0n) is 9.87. The summed E-state index contributed by atoms with van der Waals surface area (Å²) in [6.07, 6.45) is 5.61. The first-order valence-electron chi connectivity index (χ1n) is 6.45. The summed E-state index contributed by atoms with van der Waals surface area (Å²) in [7, 11) is 0. The van der Waals surface area contributed by atoms with Crippen LogP contribution in [0, 0.1) is 0 Å². The van der Waals surface area contributed by atoms with E-state index in [-0.39, 0.29) is 0 Å². The smallest absolute Gasteiger partial charge is 0.0221 e. The lowest BCUT2D eigenvalue weighted by molar-refractivity contribution is 0.254. The zero-order valence-corrected chi connectivity index (χ0v) is 10.7. The monoisotopic (exact) mass is 228 g/mol. The number of thioether (sulfide) groups is 1. The van der Waals surface area contributed by atoms with E-state index in [1.54, 1.807) is 0 Å². The van der Waals surface area contributed by atoms with Crippen LogP contribution in [0.3, 0.4) is 0 Å². The zero-order chi connectivity index (χ0) is 10.5. The Hall–Kier alpha value is 0.270. The summed E-state index contributed by atoms with van der Waals surface area (Å²) in [5.74, 6) is 2.71. The van der Waals surface area contributed by atoms with Gasteiger partial charge in [-0.05, 0) is 44.5 Å². The van der Waals surface area contributed by atoms with Gasteiger partial charge in [0, 0.05) is 24.4 Å². The van der Waals surface area contributed by atoms with Crippen LogP contribution in [-0.4, -0.2) is 48.1 Å². The molecule has 2 saturated heterocycles. The van der Waals surface area contributed by atoms with Crippen LogP contribution in [0.2, 0.25) is 0 Å². The van der Waals surface area contributed by atoms with Crippen molar-refractivity contribution in [3.63, 3.8) is 0 Å². The third-order valence-electron chi connectivity index (χ3n) is 3.71. The molecule has 2 fully saturated rings. The van der Waals surface area contributed by atoms with E-state index in [4.69, 9.17) is 0 Å². The number of likely N-dealkylation sites (tertiary alicyclic amines) is 1. The molecule has 0 spiro atoms. The van der Waals surface area contributed by atoms with E-state index in [9.17, 15) is 0 Å². The van der Waals surface area contributed by atoms with Crippen molar-refractivity contribution in [1.82, 2.24) is 10.2 Å². The molecule has 2 aliphatic rings. The minimum atomic E-state index is 0.794. The first-order valence-corrected chi connectivity index (χ1v) is 7.61. The lowest BCUT2D eigenvalue weighted by Crippen LogP contribution is -2.43. The van der Waals surface area contributed by atoms with Crippen molar-refractivity contribution in [2.24, 2.45) is 0 Å². The molecule has 2 atom stereocenters. The lowest BCUT2D eigenvalue weighted by Gasteiger charge is -2.28. The highest BCUT2D eigenvalue weighted by Gasteiger charge is 2.23. The van der Waals surface area contributed by atoms with Crippen molar-refractivity contribution < 1.29 is 0 Å². The normalized spacial score (nSPS) is 33.4. The van der Waals surface area contributed by atoms with Crippen molar-refractivity contribution in [2.45, 2.75) is 44.7 Å². The summed E-state index contributed by atoms with van der Waals surface area (Å²) in [5, 5.41) is 3.77.